The van der Waals surface area contributed by atoms with Gasteiger partial charge < -0.3 is 10.6 Å². The number of benzene rings is 2. The highest BCUT2D eigenvalue weighted by molar-refractivity contribution is 7.93. The third-order valence-corrected chi connectivity index (χ3v) is 6.84. The lowest BCUT2D eigenvalue weighted by Gasteiger charge is -2.24. The highest BCUT2D eigenvalue weighted by Crippen LogP contribution is 2.41. The van der Waals surface area contributed by atoms with Crippen LogP contribution in [0.3, 0.4) is 0 Å². The first-order valence-corrected chi connectivity index (χ1v) is 10.2. The van der Waals surface area contributed by atoms with Crippen molar-refractivity contribution >= 4 is 32.4 Å². The topological polar surface area (TPSA) is 83.7 Å². The second-order valence-corrected chi connectivity index (χ2v) is 8.99. The number of likely N-dealkylation sites (N-methyl/N-ethyl adjacent to an activating group) is 1. The van der Waals surface area contributed by atoms with Gasteiger partial charge >= 0.3 is 0 Å². The number of sulfonamides is 1. The van der Waals surface area contributed by atoms with Crippen molar-refractivity contribution in [2.75, 3.05) is 24.4 Å². The summed E-state index contributed by atoms with van der Waals surface area (Å²) in [6.07, 6.45) is 0.683. The van der Waals surface area contributed by atoms with Crippen molar-refractivity contribution in [3.05, 3.63) is 36.4 Å². The Morgan fingerprint density at radius 2 is 1.85 bits per heavy atom. The molecule has 7 heteroatoms. The molecule has 2 N–H and O–H groups in total. The quantitative estimate of drug-likeness (QED) is 0.839. The molecule has 3 rings (SSSR count). The number of nitrogens with two attached hydrogens (primary N) is 1. The van der Waals surface area contributed by atoms with E-state index in [0.717, 1.165) is 5.39 Å². The van der Waals surface area contributed by atoms with Crippen LogP contribution in [0.2, 0.25) is 0 Å². The third kappa shape index (κ3) is 3.17. The Kier molecular flexibility index (Phi) is 4.94. The monoisotopic (exact) mass is 375 g/mol. The minimum atomic E-state index is -3.71. The van der Waals surface area contributed by atoms with Gasteiger partial charge in [-0.25, -0.2) is 8.42 Å². The number of carbonyl (C=O) groups is 1. The molecule has 6 nitrogen and oxygen atoms in total. The Bertz CT molecular complexity index is 935. The Morgan fingerprint density at radius 1 is 1.19 bits per heavy atom. The first kappa shape index (κ1) is 18.7. The maximum atomic E-state index is 12.9. The van der Waals surface area contributed by atoms with Gasteiger partial charge in [-0.05, 0) is 29.9 Å². The van der Waals surface area contributed by atoms with Crippen LogP contribution in [0, 0.1) is 5.92 Å². The van der Waals surface area contributed by atoms with Crippen LogP contribution in [0.15, 0.2) is 41.3 Å². The number of hydrogen-bond donors (Lipinski definition) is 1. The van der Waals surface area contributed by atoms with E-state index in [-0.39, 0.29) is 23.4 Å². The third-order valence-electron chi connectivity index (χ3n) is 5.04. The zero-order valence-corrected chi connectivity index (χ0v) is 16.2. The van der Waals surface area contributed by atoms with Crippen molar-refractivity contribution in [3.8, 4) is 0 Å². The second kappa shape index (κ2) is 6.89. The molecule has 1 amide bonds. The van der Waals surface area contributed by atoms with Crippen molar-refractivity contribution < 1.29 is 13.2 Å². The maximum Gasteiger partial charge on any atom is 0.265 e. The summed E-state index contributed by atoms with van der Waals surface area (Å²) in [5.41, 5.74) is 6.60. The van der Waals surface area contributed by atoms with E-state index in [1.807, 2.05) is 32.0 Å². The molecule has 1 heterocycles. The van der Waals surface area contributed by atoms with Crippen LogP contribution in [0.25, 0.3) is 10.8 Å². The predicted octanol–water partition coefficient (Wildman–Crippen LogP) is 2.18. The molecular weight excluding hydrogens is 350 g/mol. The normalized spacial score (nSPS) is 16.3. The van der Waals surface area contributed by atoms with Gasteiger partial charge in [0, 0.05) is 25.0 Å². The standard InChI is InChI=1S/C19H25N3O3S/c1-13(2)15(20)10-11-21(3)18(23)12-22-16-8-4-6-14-7-5-9-17(19(14)16)26(22,24)25/h4-9,13,15H,10-12,20H2,1-3H3. The number of carbonyl (C=O) groups excluding carboxylic acids is 1. The van der Waals surface area contributed by atoms with Crippen molar-refractivity contribution in [1.82, 2.24) is 4.90 Å². The molecule has 0 saturated heterocycles. The summed E-state index contributed by atoms with van der Waals surface area (Å²) in [6.45, 7) is 4.38. The molecule has 1 aliphatic heterocycles. The molecule has 1 atom stereocenters. The average molecular weight is 375 g/mol. The van der Waals surface area contributed by atoms with E-state index in [9.17, 15) is 13.2 Å². The van der Waals surface area contributed by atoms with Crippen molar-refractivity contribution in [1.29, 1.82) is 0 Å². The molecule has 2 aromatic rings. The van der Waals surface area contributed by atoms with Crippen LogP contribution in [-0.2, 0) is 14.8 Å². The molecule has 0 bridgehead atoms. The Balaban J connectivity index is 1.81. The minimum absolute atomic E-state index is 0.0128. The molecule has 0 saturated carbocycles. The number of hydrogen-bond acceptors (Lipinski definition) is 4. The molecule has 0 radical (unpaired) electrons. The van der Waals surface area contributed by atoms with E-state index in [1.165, 1.54) is 4.31 Å². The van der Waals surface area contributed by atoms with Gasteiger partial charge in [-0.3, -0.25) is 9.10 Å². The molecule has 140 valence electrons. The van der Waals surface area contributed by atoms with Crippen molar-refractivity contribution in [2.45, 2.75) is 31.2 Å². The summed E-state index contributed by atoms with van der Waals surface area (Å²) in [5.74, 6) is 0.0962. The fourth-order valence-corrected chi connectivity index (χ4v) is 4.83. The molecular formula is C19H25N3O3S. The highest BCUT2D eigenvalue weighted by Gasteiger charge is 2.37. The van der Waals surface area contributed by atoms with Gasteiger partial charge in [0.2, 0.25) is 5.91 Å². The molecule has 1 aliphatic rings. The summed E-state index contributed by atoms with van der Waals surface area (Å²) in [5, 5.41) is 1.54. The van der Waals surface area contributed by atoms with E-state index >= 15 is 0 Å². The lowest BCUT2D eigenvalue weighted by Crippen LogP contribution is -2.41. The van der Waals surface area contributed by atoms with Crippen LogP contribution < -0.4 is 10.0 Å². The van der Waals surface area contributed by atoms with Crippen LogP contribution >= 0.6 is 0 Å². The van der Waals surface area contributed by atoms with Gasteiger partial charge in [0.05, 0.1) is 10.6 Å². The van der Waals surface area contributed by atoms with E-state index in [4.69, 9.17) is 5.73 Å². The van der Waals surface area contributed by atoms with Gasteiger partial charge in [-0.2, -0.15) is 0 Å². The smallest absolute Gasteiger partial charge is 0.265 e. The zero-order valence-electron chi connectivity index (χ0n) is 15.3. The molecule has 26 heavy (non-hydrogen) atoms. The van der Waals surface area contributed by atoms with E-state index in [2.05, 4.69) is 0 Å². The van der Waals surface area contributed by atoms with Crippen LogP contribution in [0.5, 0.6) is 0 Å². The van der Waals surface area contributed by atoms with E-state index in [0.29, 0.717) is 30.0 Å². The molecule has 0 aliphatic carbocycles. The van der Waals surface area contributed by atoms with Gasteiger partial charge in [0.15, 0.2) is 0 Å². The molecule has 0 fully saturated rings. The zero-order chi connectivity index (χ0) is 19.1. The van der Waals surface area contributed by atoms with Crippen molar-refractivity contribution in [3.63, 3.8) is 0 Å². The van der Waals surface area contributed by atoms with E-state index < -0.39 is 10.0 Å². The van der Waals surface area contributed by atoms with Gasteiger partial charge in [0.1, 0.15) is 6.54 Å². The average Bonchev–Trinajstić information content (AvgIpc) is 2.82. The highest BCUT2D eigenvalue weighted by atomic mass is 32.2. The summed E-state index contributed by atoms with van der Waals surface area (Å²) < 4.78 is 27.0. The molecule has 0 aromatic heterocycles. The molecule has 1 unspecified atom stereocenters. The maximum absolute atomic E-state index is 12.9. The summed E-state index contributed by atoms with van der Waals surface area (Å²) in [4.78, 5) is 14.4. The minimum Gasteiger partial charge on any atom is -0.344 e. The number of anilines is 1. The summed E-state index contributed by atoms with van der Waals surface area (Å²) in [6, 6.07) is 10.6. The van der Waals surface area contributed by atoms with Gasteiger partial charge in [0.25, 0.3) is 10.0 Å². The lowest BCUT2D eigenvalue weighted by atomic mass is 10.0. The lowest BCUT2D eigenvalue weighted by molar-refractivity contribution is -0.128. The van der Waals surface area contributed by atoms with Crippen LogP contribution in [-0.4, -0.2) is 45.4 Å². The SMILES string of the molecule is CC(C)C(N)CCN(C)C(=O)CN1c2cccc3cccc(c23)S1(=O)=O. The molecule has 0 spiro atoms. The van der Waals surface area contributed by atoms with Gasteiger partial charge in [-0.1, -0.05) is 38.1 Å². The number of amides is 1. The second-order valence-electron chi connectivity index (χ2n) is 7.15. The van der Waals surface area contributed by atoms with Gasteiger partial charge in [-0.15, -0.1) is 0 Å². The first-order valence-electron chi connectivity index (χ1n) is 8.77. The fraction of sp³-hybridized carbons (Fsp3) is 0.421. The summed E-state index contributed by atoms with van der Waals surface area (Å²) >= 11 is 0. The number of rotatable bonds is 6. The van der Waals surface area contributed by atoms with Crippen LogP contribution in [0.4, 0.5) is 5.69 Å². The summed E-state index contributed by atoms with van der Waals surface area (Å²) in [7, 11) is -2.02. The Morgan fingerprint density at radius 3 is 2.50 bits per heavy atom. The van der Waals surface area contributed by atoms with E-state index in [1.54, 1.807) is 30.1 Å². The molecule has 2 aromatic carbocycles. The number of nitrogens with zero attached hydrogens (tertiary/aromatic N) is 2. The first-order chi connectivity index (χ1) is 12.2. The van der Waals surface area contributed by atoms with Crippen LogP contribution in [0.1, 0.15) is 20.3 Å². The van der Waals surface area contributed by atoms with Crippen molar-refractivity contribution in [2.24, 2.45) is 11.7 Å². The predicted molar refractivity (Wildman–Crippen MR) is 104 cm³/mol. The Hall–Kier alpha value is -2.12. The Labute approximate surface area is 154 Å². The fourth-order valence-electron chi connectivity index (χ4n) is 3.17. The largest absolute Gasteiger partial charge is 0.344 e.